The number of aromatic nitrogens is 4. The number of aryl methyl sites for hydroxylation is 1. The Bertz CT molecular complexity index is 529. The molecule has 0 radical (unpaired) electrons. The number of amides is 1. The van der Waals surface area contributed by atoms with Crippen molar-refractivity contribution in [1.82, 2.24) is 24.9 Å². The third kappa shape index (κ3) is 3.17. The maximum Gasteiger partial charge on any atom is 0.242 e. The molecule has 0 atom stereocenters. The van der Waals surface area contributed by atoms with Crippen molar-refractivity contribution in [2.24, 2.45) is 12.8 Å². The van der Waals surface area contributed by atoms with E-state index in [2.05, 4.69) is 15.6 Å². The van der Waals surface area contributed by atoms with Crippen LogP contribution in [0.3, 0.4) is 0 Å². The molecule has 7 nitrogen and oxygen atoms in total. The first-order chi connectivity index (χ1) is 8.67. The second-order valence-corrected chi connectivity index (χ2v) is 4.07. The molecular formula is C11H16N6O. The van der Waals surface area contributed by atoms with Crippen LogP contribution in [-0.4, -0.2) is 25.5 Å². The molecule has 0 aliphatic carbocycles. The van der Waals surface area contributed by atoms with Gasteiger partial charge < -0.3 is 15.6 Å². The molecule has 0 unspecified atom stereocenters. The van der Waals surface area contributed by atoms with Gasteiger partial charge >= 0.3 is 0 Å². The molecule has 0 aliphatic heterocycles. The van der Waals surface area contributed by atoms with Gasteiger partial charge in [-0.1, -0.05) is 5.21 Å². The van der Waals surface area contributed by atoms with Crippen LogP contribution in [0.5, 0.6) is 0 Å². The Morgan fingerprint density at radius 3 is 2.94 bits per heavy atom. The molecule has 7 heteroatoms. The molecule has 3 N–H and O–H groups in total. The molecule has 0 aliphatic rings. The summed E-state index contributed by atoms with van der Waals surface area (Å²) in [6.07, 6.45) is 5.57. The largest absolute Gasteiger partial charge is 0.357 e. The molecule has 1 amide bonds. The van der Waals surface area contributed by atoms with Gasteiger partial charge in [-0.05, 0) is 11.6 Å². The quantitative estimate of drug-likeness (QED) is 0.738. The van der Waals surface area contributed by atoms with Crippen molar-refractivity contribution in [1.29, 1.82) is 0 Å². The number of nitrogens with zero attached hydrogens (tertiary/aromatic N) is 4. The van der Waals surface area contributed by atoms with Gasteiger partial charge in [0.2, 0.25) is 5.91 Å². The summed E-state index contributed by atoms with van der Waals surface area (Å²) in [4.78, 5) is 11.7. The highest BCUT2D eigenvalue weighted by atomic mass is 16.2. The number of rotatable bonds is 5. The van der Waals surface area contributed by atoms with Gasteiger partial charge in [-0.3, -0.25) is 4.79 Å². The first-order valence-corrected chi connectivity index (χ1v) is 5.64. The van der Waals surface area contributed by atoms with Gasteiger partial charge in [-0.15, -0.1) is 5.10 Å². The average Bonchev–Trinajstić information content (AvgIpc) is 2.95. The van der Waals surface area contributed by atoms with E-state index < -0.39 is 0 Å². The van der Waals surface area contributed by atoms with Gasteiger partial charge in [0.15, 0.2) is 0 Å². The Labute approximate surface area is 105 Å². The van der Waals surface area contributed by atoms with Crippen LogP contribution in [0.4, 0.5) is 0 Å². The summed E-state index contributed by atoms with van der Waals surface area (Å²) in [5.74, 6) is -0.104. The summed E-state index contributed by atoms with van der Waals surface area (Å²) in [6.45, 7) is 0.990. The Balaban J connectivity index is 1.81. The summed E-state index contributed by atoms with van der Waals surface area (Å²) in [6, 6.07) is 1.96. The van der Waals surface area contributed by atoms with Gasteiger partial charge in [0, 0.05) is 32.5 Å². The molecule has 0 spiro atoms. The van der Waals surface area contributed by atoms with Crippen LogP contribution in [-0.2, 0) is 31.5 Å². The van der Waals surface area contributed by atoms with Gasteiger partial charge in [0.25, 0.3) is 0 Å². The number of nitrogens with one attached hydrogen (secondary N) is 1. The van der Waals surface area contributed by atoms with Crippen molar-refractivity contribution in [3.05, 3.63) is 35.9 Å². The van der Waals surface area contributed by atoms with Crippen LogP contribution in [0.2, 0.25) is 0 Å². The third-order valence-electron chi connectivity index (χ3n) is 2.48. The topological polar surface area (TPSA) is 90.8 Å². The van der Waals surface area contributed by atoms with Crippen molar-refractivity contribution in [2.75, 3.05) is 0 Å². The lowest BCUT2D eigenvalue weighted by atomic mass is 10.3. The molecule has 0 saturated carbocycles. The minimum atomic E-state index is -0.104. The molecule has 0 aromatic carbocycles. The predicted octanol–water partition coefficient (Wildman–Crippen LogP) is -0.608. The highest BCUT2D eigenvalue weighted by Gasteiger charge is 2.05. The Kier molecular flexibility index (Phi) is 3.73. The lowest BCUT2D eigenvalue weighted by Crippen LogP contribution is -2.27. The van der Waals surface area contributed by atoms with Crippen LogP contribution in [0.15, 0.2) is 24.7 Å². The summed E-state index contributed by atoms with van der Waals surface area (Å²) >= 11 is 0. The van der Waals surface area contributed by atoms with E-state index in [1.807, 2.05) is 30.1 Å². The second kappa shape index (κ2) is 5.46. The molecule has 0 fully saturated rings. The molecule has 18 heavy (non-hydrogen) atoms. The first kappa shape index (κ1) is 12.3. The predicted molar refractivity (Wildman–Crippen MR) is 65.2 cm³/mol. The average molecular weight is 248 g/mol. The number of carbonyl (C=O) groups is 1. The minimum Gasteiger partial charge on any atom is -0.357 e. The van der Waals surface area contributed by atoms with Gasteiger partial charge in [0.05, 0.1) is 11.9 Å². The van der Waals surface area contributed by atoms with Crippen molar-refractivity contribution in [2.45, 2.75) is 19.6 Å². The zero-order valence-electron chi connectivity index (χ0n) is 10.2. The lowest BCUT2D eigenvalue weighted by molar-refractivity contribution is -0.122. The van der Waals surface area contributed by atoms with E-state index >= 15 is 0 Å². The van der Waals surface area contributed by atoms with Crippen LogP contribution < -0.4 is 11.1 Å². The first-order valence-electron chi connectivity index (χ1n) is 5.64. The number of carbonyl (C=O) groups excluding carboxylic acids is 1. The monoisotopic (exact) mass is 248 g/mol. The Morgan fingerprint density at radius 1 is 1.50 bits per heavy atom. The highest BCUT2D eigenvalue weighted by Crippen LogP contribution is 1.98. The van der Waals surface area contributed by atoms with E-state index in [9.17, 15) is 4.79 Å². The van der Waals surface area contributed by atoms with Crippen molar-refractivity contribution in [3.8, 4) is 0 Å². The molecule has 2 rings (SSSR count). The molecule has 0 bridgehead atoms. The summed E-state index contributed by atoms with van der Waals surface area (Å²) in [7, 11) is 1.94. The smallest absolute Gasteiger partial charge is 0.242 e. The molecule has 2 aromatic heterocycles. The lowest BCUT2D eigenvalue weighted by Gasteiger charge is -2.03. The molecule has 2 aromatic rings. The zero-order valence-corrected chi connectivity index (χ0v) is 10.2. The van der Waals surface area contributed by atoms with Crippen molar-refractivity contribution >= 4 is 5.91 Å². The van der Waals surface area contributed by atoms with Crippen LogP contribution in [0, 0.1) is 0 Å². The van der Waals surface area contributed by atoms with E-state index in [1.165, 1.54) is 4.68 Å². The zero-order chi connectivity index (χ0) is 13.0. The fourth-order valence-electron chi connectivity index (χ4n) is 1.58. The molecule has 2 heterocycles. The van der Waals surface area contributed by atoms with E-state index in [-0.39, 0.29) is 12.5 Å². The second-order valence-electron chi connectivity index (χ2n) is 4.07. The molecule has 96 valence electrons. The van der Waals surface area contributed by atoms with E-state index in [0.717, 1.165) is 5.56 Å². The summed E-state index contributed by atoms with van der Waals surface area (Å²) in [5.41, 5.74) is 7.15. The van der Waals surface area contributed by atoms with Crippen LogP contribution >= 0.6 is 0 Å². The maximum atomic E-state index is 11.7. The standard InChI is InChI=1S/C11H16N6O/c1-16-3-2-9(6-16)5-13-11(18)8-17-7-10(4-12)14-15-17/h2-3,6-7H,4-5,8,12H2,1H3,(H,13,18). The maximum absolute atomic E-state index is 11.7. The van der Waals surface area contributed by atoms with E-state index in [0.29, 0.717) is 18.8 Å². The van der Waals surface area contributed by atoms with Crippen LogP contribution in [0.25, 0.3) is 0 Å². The number of nitrogens with two attached hydrogens (primary N) is 1. The summed E-state index contributed by atoms with van der Waals surface area (Å²) < 4.78 is 3.41. The fourth-order valence-corrected chi connectivity index (χ4v) is 1.58. The van der Waals surface area contributed by atoms with Crippen molar-refractivity contribution in [3.63, 3.8) is 0 Å². The van der Waals surface area contributed by atoms with Crippen molar-refractivity contribution < 1.29 is 4.79 Å². The van der Waals surface area contributed by atoms with E-state index in [1.54, 1.807) is 6.20 Å². The summed E-state index contributed by atoms with van der Waals surface area (Å²) in [5, 5.41) is 10.4. The van der Waals surface area contributed by atoms with E-state index in [4.69, 9.17) is 5.73 Å². The van der Waals surface area contributed by atoms with Gasteiger partial charge in [0.1, 0.15) is 6.54 Å². The number of hydrogen-bond acceptors (Lipinski definition) is 4. The number of hydrogen-bond donors (Lipinski definition) is 2. The molecule has 0 saturated heterocycles. The molecular weight excluding hydrogens is 232 g/mol. The third-order valence-corrected chi connectivity index (χ3v) is 2.48. The van der Waals surface area contributed by atoms with Gasteiger partial charge in [-0.2, -0.15) is 0 Å². The Hall–Kier alpha value is -2.15. The van der Waals surface area contributed by atoms with Gasteiger partial charge in [-0.25, -0.2) is 4.68 Å². The minimum absolute atomic E-state index is 0.104. The fraction of sp³-hybridized carbons (Fsp3) is 0.364. The normalized spacial score (nSPS) is 10.6. The Morgan fingerprint density at radius 2 is 2.33 bits per heavy atom. The van der Waals surface area contributed by atoms with Crippen LogP contribution in [0.1, 0.15) is 11.3 Å². The SMILES string of the molecule is Cn1ccc(CNC(=O)Cn2cc(CN)nn2)c1. The highest BCUT2D eigenvalue weighted by molar-refractivity contribution is 5.75.